The summed E-state index contributed by atoms with van der Waals surface area (Å²) in [6.07, 6.45) is 7.05. The van der Waals surface area contributed by atoms with E-state index in [4.69, 9.17) is 0 Å². The van der Waals surface area contributed by atoms with Crippen molar-refractivity contribution >= 4 is 5.91 Å². The summed E-state index contributed by atoms with van der Waals surface area (Å²) in [7, 11) is 0. The minimum Gasteiger partial charge on any atom is -0.351 e. The molecule has 0 radical (unpaired) electrons. The van der Waals surface area contributed by atoms with Gasteiger partial charge in [-0.25, -0.2) is 0 Å². The second kappa shape index (κ2) is 4.64. The number of carbonyl (C=O) groups is 1. The molecule has 6 heteroatoms. The maximum Gasteiger partial charge on any atom is 0.241 e. The van der Waals surface area contributed by atoms with E-state index < -0.39 is 0 Å². The highest BCUT2D eigenvalue weighted by Crippen LogP contribution is 2.13. The van der Waals surface area contributed by atoms with Gasteiger partial charge in [0.2, 0.25) is 5.91 Å². The summed E-state index contributed by atoms with van der Waals surface area (Å²) >= 11 is 0. The first-order valence-electron chi connectivity index (χ1n) is 6.09. The molecule has 2 aromatic rings. The smallest absolute Gasteiger partial charge is 0.241 e. The summed E-state index contributed by atoms with van der Waals surface area (Å²) in [6, 6.07) is 4.02. The van der Waals surface area contributed by atoms with Gasteiger partial charge >= 0.3 is 0 Å². The lowest BCUT2D eigenvalue weighted by molar-refractivity contribution is -0.122. The van der Waals surface area contributed by atoms with Crippen LogP contribution in [0.2, 0.25) is 0 Å². The summed E-state index contributed by atoms with van der Waals surface area (Å²) in [5.74, 6) is 0.0108. The van der Waals surface area contributed by atoms with Crippen molar-refractivity contribution in [3.63, 3.8) is 0 Å². The largest absolute Gasteiger partial charge is 0.351 e. The summed E-state index contributed by atoms with van der Waals surface area (Å²) in [5, 5.41) is 11.3. The first kappa shape index (κ1) is 11.0. The first-order valence-corrected chi connectivity index (χ1v) is 6.09. The van der Waals surface area contributed by atoms with Gasteiger partial charge in [0.15, 0.2) is 0 Å². The zero-order valence-corrected chi connectivity index (χ0v) is 9.99. The highest BCUT2D eigenvalue weighted by Gasteiger charge is 2.20. The molecule has 1 atom stereocenters. The van der Waals surface area contributed by atoms with Crippen LogP contribution < -0.4 is 5.32 Å². The molecule has 94 valence electrons. The van der Waals surface area contributed by atoms with E-state index in [1.807, 2.05) is 23.0 Å². The van der Waals surface area contributed by atoms with Gasteiger partial charge in [-0.05, 0) is 18.6 Å². The van der Waals surface area contributed by atoms with Crippen LogP contribution in [0.15, 0.2) is 30.7 Å². The van der Waals surface area contributed by atoms with E-state index in [1.54, 1.807) is 17.1 Å². The highest BCUT2D eigenvalue weighted by molar-refractivity contribution is 5.76. The highest BCUT2D eigenvalue weighted by atomic mass is 16.2. The first-order chi connectivity index (χ1) is 8.81. The normalized spacial score (nSPS) is 18.3. The Hall–Kier alpha value is -2.11. The SMILES string of the molecule is O=C(Cn1cccn1)N[C@H]1CCn2nccc2C1. The third-order valence-electron chi connectivity index (χ3n) is 3.18. The molecule has 0 bridgehead atoms. The zero-order valence-electron chi connectivity index (χ0n) is 9.99. The molecule has 0 aromatic carbocycles. The van der Waals surface area contributed by atoms with E-state index in [0.717, 1.165) is 19.4 Å². The number of carbonyl (C=O) groups excluding carboxylic acids is 1. The molecule has 3 rings (SSSR count). The van der Waals surface area contributed by atoms with Gasteiger partial charge in [0.25, 0.3) is 0 Å². The molecule has 1 aliphatic rings. The Bertz CT molecular complexity index is 530. The molecule has 3 heterocycles. The van der Waals surface area contributed by atoms with Crippen molar-refractivity contribution in [2.75, 3.05) is 0 Å². The standard InChI is InChI=1S/C12H15N5O/c18-12(9-16-6-1-4-13-16)15-10-3-7-17-11(8-10)2-5-14-17/h1-2,4-6,10H,3,7-9H2,(H,15,18)/t10-/m0/s1. The van der Waals surface area contributed by atoms with E-state index >= 15 is 0 Å². The topological polar surface area (TPSA) is 64.7 Å². The van der Waals surface area contributed by atoms with Crippen molar-refractivity contribution < 1.29 is 4.79 Å². The number of nitrogens with one attached hydrogen (secondary N) is 1. The summed E-state index contributed by atoms with van der Waals surface area (Å²) < 4.78 is 3.62. The van der Waals surface area contributed by atoms with Crippen LogP contribution in [0, 0.1) is 0 Å². The Morgan fingerprint density at radius 2 is 2.39 bits per heavy atom. The number of hydrogen-bond donors (Lipinski definition) is 1. The lowest BCUT2D eigenvalue weighted by Gasteiger charge is -2.24. The minimum atomic E-state index is 0.0108. The fourth-order valence-electron chi connectivity index (χ4n) is 2.31. The van der Waals surface area contributed by atoms with Crippen LogP contribution in [-0.2, 0) is 24.3 Å². The van der Waals surface area contributed by atoms with E-state index in [9.17, 15) is 4.79 Å². The van der Waals surface area contributed by atoms with Crippen LogP contribution in [0.25, 0.3) is 0 Å². The van der Waals surface area contributed by atoms with Crippen LogP contribution in [0.5, 0.6) is 0 Å². The number of aryl methyl sites for hydroxylation is 1. The summed E-state index contributed by atoms with van der Waals surface area (Å²) in [4.78, 5) is 11.8. The van der Waals surface area contributed by atoms with Gasteiger partial charge in [0.1, 0.15) is 6.54 Å². The van der Waals surface area contributed by atoms with E-state index in [0.29, 0.717) is 0 Å². The molecular formula is C12H15N5O. The summed E-state index contributed by atoms with van der Waals surface area (Å²) in [6.45, 7) is 1.15. The van der Waals surface area contributed by atoms with Crippen LogP contribution >= 0.6 is 0 Å². The zero-order chi connectivity index (χ0) is 12.4. The predicted octanol–water partition coefficient (Wildman–Crippen LogP) is 0.211. The average Bonchev–Trinajstić information content (AvgIpc) is 2.98. The maximum absolute atomic E-state index is 11.8. The number of amides is 1. The van der Waals surface area contributed by atoms with Crippen LogP contribution in [0.1, 0.15) is 12.1 Å². The molecule has 1 aliphatic heterocycles. The fourth-order valence-corrected chi connectivity index (χ4v) is 2.31. The van der Waals surface area contributed by atoms with Crippen LogP contribution in [-0.4, -0.2) is 31.5 Å². The second-order valence-electron chi connectivity index (χ2n) is 4.51. The number of hydrogen-bond acceptors (Lipinski definition) is 3. The van der Waals surface area contributed by atoms with Crippen molar-refractivity contribution in [3.8, 4) is 0 Å². The molecule has 0 unspecified atom stereocenters. The Balaban J connectivity index is 1.56. The molecule has 0 saturated carbocycles. The lowest BCUT2D eigenvalue weighted by Crippen LogP contribution is -2.41. The molecular weight excluding hydrogens is 230 g/mol. The van der Waals surface area contributed by atoms with Gasteiger partial charge in [-0.3, -0.25) is 14.2 Å². The molecule has 18 heavy (non-hydrogen) atoms. The lowest BCUT2D eigenvalue weighted by atomic mass is 10.0. The van der Waals surface area contributed by atoms with Gasteiger partial charge in [0, 0.05) is 43.3 Å². The molecule has 0 saturated heterocycles. The Morgan fingerprint density at radius 3 is 3.22 bits per heavy atom. The second-order valence-corrected chi connectivity index (χ2v) is 4.51. The molecule has 2 aromatic heterocycles. The fraction of sp³-hybridized carbons (Fsp3) is 0.417. The Kier molecular flexibility index (Phi) is 2.84. The molecule has 6 nitrogen and oxygen atoms in total. The number of rotatable bonds is 3. The monoisotopic (exact) mass is 245 g/mol. The van der Waals surface area contributed by atoms with Crippen LogP contribution in [0.3, 0.4) is 0 Å². The Labute approximate surface area is 105 Å². The van der Waals surface area contributed by atoms with Gasteiger partial charge in [-0.15, -0.1) is 0 Å². The van der Waals surface area contributed by atoms with Crippen molar-refractivity contribution in [1.29, 1.82) is 0 Å². The average molecular weight is 245 g/mol. The predicted molar refractivity (Wildman–Crippen MR) is 64.7 cm³/mol. The van der Waals surface area contributed by atoms with Gasteiger partial charge in [-0.1, -0.05) is 0 Å². The molecule has 1 N–H and O–H groups in total. The van der Waals surface area contributed by atoms with Gasteiger partial charge in [-0.2, -0.15) is 10.2 Å². The van der Waals surface area contributed by atoms with Crippen molar-refractivity contribution in [1.82, 2.24) is 24.9 Å². The van der Waals surface area contributed by atoms with E-state index in [2.05, 4.69) is 15.5 Å². The Morgan fingerprint density at radius 1 is 1.44 bits per heavy atom. The maximum atomic E-state index is 11.8. The van der Waals surface area contributed by atoms with Gasteiger partial charge in [0.05, 0.1) is 0 Å². The molecule has 0 spiro atoms. The quantitative estimate of drug-likeness (QED) is 0.840. The van der Waals surface area contributed by atoms with Crippen molar-refractivity contribution in [2.45, 2.75) is 32.0 Å². The van der Waals surface area contributed by atoms with Crippen LogP contribution in [0.4, 0.5) is 0 Å². The third-order valence-corrected chi connectivity index (χ3v) is 3.18. The van der Waals surface area contributed by atoms with E-state index in [1.165, 1.54) is 5.69 Å². The van der Waals surface area contributed by atoms with Gasteiger partial charge < -0.3 is 5.32 Å². The molecule has 1 amide bonds. The number of fused-ring (bicyclic) bond motifs is 1. The van der Waals surface area contributed by atoms with E-state index in [-0.39, 0.29) is 18.5 Å². The molecule has 0 aliphatic carbocycles. The minimum absolute atomic E-state index is 0.0108. The van der Waals surface area contributed by atoms with Crippen molar-refractivity contribution in [3.05, 3.63) is 36.4 Å². The number of nitrogens with zero attached hydrogens (tertiary/aromatic N) is 4. The van der Waals surface area contributed by atoms with Crippen molar-refractivity contribution in [2.24, 2.45) is 0 Å². The summed E-state index contributed by atoms with van der Waals surface area (Å²) in [5.41, 5.74) is 1.19. The molecule has 0 fully saturated rings. The number of aromatic nitrogens is 4. The third kappa shape index (κ3) is 2.27.